The van der Waals surface area contributed by atoms with Gasteiger partial charge < -0.3 is 10.2 Å². The fraction of sp³-hybridized carbons (Fsp3) is 0.800. The van der Waals surface area contributed by atoms with Crippen LogP contribution >= 0.6 is 0 Å². The smallest absolute Gasteiger partial charge is 0.190 e. The van der Waals surface area contributed by atoms with E-state index in [1.54, 1.807) is 0 Å². The van der Waals surface area contributed by atoms with Gasteiger partial charge in [-0.3, -0.25) is 5.41 Å². The zero-order valence-corrected chi connectivity index (χ0v) is 5.07. The van der Waals surface area contributed by atoms with E-state index >= 15 is 0 Å². The summed E-state index contributed by atoms with van der Waals surface area (Å²) in [6.45, 7) is 1.98. The van der Waals surface area contributed by atoms with Crippen LogP contribution in [-0.2, 0) is 0 Å². The van der Waals surface area contributed by atoms with Gasteiger partial charge in [0.05, 0.1) is 0 Å². The fourth-order valence-corrected chi connectivity index (χ4v) is 0.770. The van der Waals surface area contributed by atoms with Gasteiger partial charge in [-0.1, -0.05) is 0 Å². The number of nitrogens with one attached hydrogen (secondary N) is 2. The molecule has 3 heteroatoms. The van der Waals surface area contributed by atoms with Crippen molar-refractivity contribution in [1.29, 1.82) is 5.41 Å². The Morgan fingerprint density at radius 3 is 2.88 bits per heavy atom. The molecule has 0 unspecified atom stereocenters. The third-order valence-corrected chi connectivity index (χ3v) is 1.34. The molecule has 0 aromatic carbocycles. The molecular weight excluding hydrogens is 102 g/mol. The lowest BCUT2D eigenvalue weighted by Gasteiger charge is -2.25. The van der Waals surface area contributed by atoms with Gasteiger partial charge in [0.2, 0.25) is 0 Å². The highest BCUT2D eigenvalue weighted by Crippen LogP contribution is 1.91. The van der Waals surface area contributed by atoms with E-state index < -0.39 is 0 Å². The largest absolute Gasteiger partial charge is 0.356 e. The summed E-state index contributed by atoms with van der Waals surface area (Å²) in [4.78, 5) is 1.91. The summed E-state index contributed by atoms with van der Waals surface area (Å²) >= 11 is 0. The second kappa shape index (κ2) is 2.03. The topological polar surface area (TPSA) is 39.1 Å². The van der Waals surface area contributed by atoms with Crippen LogP contribution in [0.5, 0.6) is 0 Å². The van der Waals surface area contributed by atoms with Crippen LogP contribution in [0.3, 0.4) is 0 Å². The molecule has 8 heavy (non-hydrogen) atoms. The third-order valence-electron chi connectivity index (χ3n) is 1.34. The summed E-state index contributed by atoms with van der Waals surface area (Å²) in [7, 11) is 1.93. The predicted molar refractivity (Wildman–Crippen MR) is 33.0 cm³/mol. The Kier molecular flexibility index (Phi) is 1.37. The first-order valence-corrected chi connectivity index (χ1v) is 2.84. The van der Waals surface area contributed by atoms with Crippen LogP contribution < -0.4 is 5.32 Å². The van der Waals surface area contributed by atoms with Crippen LogP contribution in [0, 0.1) is 5.41 Å². The van der Waals surface area contributed by atoms with Gasteiger partial charge in [-0.05, 0) is 6.42 Å². The van der Waals surface area contributed by atoms with Gasteiger partial charge in [0.25, 0.3) is 0 Å². The zero-order chi connectivity index (χ0) is 5.98. The van der Waals surface area contributed by atoms with Crippen molar-refractivity contribution in [2.75, 3.05) is 20.1 Å². The molecule has 0 atom stereocenters. The Balaban J connectivity index is 2.39. The molecule has 0 aromatic heterocycles. The van der Waals surface area contributed by atoms with Gasteiger partial charge in [-0.25, -0.2) is 0 Å². The third kappa shape index (κ3) is 0.911. The van der Waals surface area contributed by atoms with Gasteiger partial charge in [0.15, 0.2) is 5.96 Å². The molecular formula is C5H11N3. The minimum atomic E-state index is 0.552. The van der Waals surface area contributed by atoms with Crippen LogP contribution in [-0.4, -0.2) is 31.0 Å². The van der Waals surface area contributed by atoms with Crippen LogP contribution in [0.25, 0.3) is 0 Å². The van der Waals surface area contributed by atoms with E-state index in [0.717, 1.165) is 19.5 Å². The van der Waals surface area contributed by atoms with E-state index in [4.69, 9.17) is 5.41 Å². The molecule has 0 aliphatic carbocycles. The maximum absolute atomic E-state index is 7.21. The fourth-order valence-electron chi connectivity index (χ4n) is 0.770. The Bertz CT molecular complexity index is 99.8. The van der Waals surface area contributed by atoms with Crippen LogP contribution in [0.2, 0.25) is 0 Å². The summed E-state index contributed by atoms with van der Waals surface area (Å²) in [5.74, 6) is 0.552. The number of hydrogen-bond acceptors (Lipinski definition) is 1. The summed E-state index contributed by atoms with van der Waals surface area (Å²) < 4.78 is 0. The number of hydrogen-bond donors (Lipinski definition) is 2. The number of rotatable bonds is 0. The summed E-state index contributed by atoms with van der Waals surface area (Å²) in [6.07, 6.45) is 1.15. The van der Waals surface area contributed by atoms with E-state index in [2.05, 4.69) is 5.32 Å². The van der Waals surface area contributed by atoms with Crippen molar-refractivity contribution in [1.82, 2.24) is 10.2 Å². The summed E-state index contributed by atoms with van der Waals surface area (Å²) in [5, 5.41) is 10.2. The lowest BCUT2D eigenvalue weighted by atomic mass is 10.3. The normalized spacial score (nSPS) is 20.6. The van der Waals surface area contributed by atoms with E-state index in [1.807, 2.05) is 11.9 Å². The van der Waals surface area contributed by atoms with Crippen molar-refractivity contribution in [2.24, 2.45) is 0 Å². The zero-order valence-electron chi connectivity index (χ0n) is 5.07. The molecule has 0 aromatic rings. The highest BCUT2D eigenvalue weighted by atomic mass is 15.3. The van der Waals surface area contributed by atoms with Gasteiger partial charge in [-0.15, -0.1) is 0 Å². The van der Waals surface area contributed by atoms with Crippen molar-refractivity contribution in [3.05, 3.63) is 0 Å². The van der Waals surface area contributed by atoms with Crippen molar-refractivity contribution in [3.8, 4) is 0 Å². The van der Waals surface area contributed by atoms with Crippen molar-refractivity contribution >= 4 is 5.96 Å². The molecule has 0 bridgehead atoms. The maximum atomic E-state index is 7.21. The monoisotopic (exact) mass is 113 g/mol. The minimum Gasteiger partial charge on any atom is -0.356 e. The summed E-state index contributed by atoms with van der Waals surface area (Å²) in [5.41, 5.74) is 0. The first kappa shape index (κ1) is 5.41. The van der Waals surface area contributed by atoms with Gasteiger partial charge in [0, 0.05) is 20.1 Å². The molecule has 0 radical (unpaired) electrons. The van der Waals surface area contributed by atoms with Gasteiger partial charge in [-0.2, -0.15) is 0 Å². The predicted octanol–water partition coefficient (Wildman–Crippen LogP) is -0.154. The number of guanidine groups is 1. The quantitative estimate of drug-likeness (QED) is 0.458. The molecule has 0 spiro atoms. The molecule has 1 heterocycles. The van der Waals surface area contributed by atoms with E-state index in [-0.39, 0.29) is 0 Å². The van der Waals surface area contributed by atoms with E-state index in [1.165, 1.54) is 0 Å². The van der Waals surface area contributed by atoms with Crippen molar-refractivity contribution < 1.29 is 0 Å². The highest BCUT2D eigenvalue weighted by Gasteiger charge is 2.07. The van der Waals surface area contributed by atoms with Crippen LogP contribution in [0.4, 0.5) is 0 Å². The SMILES string of the molecule is CN1CCCNC1=N. The first-order chi connectivity index (χ1) is 3.80. The second-order valence-electron chi connectivity index (χ2n) is 2.05. The molecule has 0 amide bonds. The molecule has 0 saturated carbocycles. The lowest BCUT2D eigenvalue weighted by Crippen LogP contribution is -2.44. The lowest BCUT2D eigenvalue weighted by molar-refractivity contribution is 0.427. The Labute approximate surface area is 49.2 Å². The van der Waals surface area contributed by atoms with E-state index in [9.17, 15) is 0 Å². The van der Waals surface area contributed by atoms with E-state index in [0.29, 0.717) is 5.96 Å². The summed E-state index contributed by atoms with van der Waals surface area (Å²) in [6, 6.07) is 0. The average molecular weight is 113 g/mol. The molecule has 1 fully saturated rings. The maximum Gasteiger partial charge on any atom is 0.190 e. The number of nitrogens with zero attached hydrogens (tertiary/aromatic N) is 1. The minimum absolute atomic E-state index is 0.552. The standard InChI is InChI=1S/C5H11N3/c1-8-4-2-3-7-5(8)6/h2-4H2,1H3,(H2,6,7). The van der Waals surface area contributed by atoms with Gasteiger partial charge >= 0.3 is 0 Å². The van der Waals surface area contributed by atoms with Crippen LogP contribution in [0.15, 0.2) is 0 Å². The molecule has 1 aliphatic rings. The molecule has 3 nitrogen and oxygen atoms in total. The second-order valence-corrected chi connectivity index (χ2v) is 2.05. The Hall–Kier alpha value is -0.730. The first-order valence-electron chi connectivity index (χ1n) is 2.84. The molecule has 1 aliphatic heterocycles. The van der Waals surface area contributed by atoms with Crippen molar-refractivity contribution in [3.63, 3.8) is 0 Å². The molecule has 46 valence electrons. The highest BCUT2D eigenvalue weighted by molar-refractivity contribution is 5.76. The van der Waals surface area contributed by atoms with Gasteiger partial charge in [0.1, 0.15) is 0 Å². The molecule has 1 saturated heterocycles. The molecule has 1 rings (SSSR count). The Morgan fingerprint density at radius 2 is 2.50 bits per heavy atom. The van der Waals surface area contributed by atoms with Crippen molar-refractivity contribution in [2.45, 2.75) is 6.42 Å². The average Bonchev–Trinajstić information content (AvgIpc) is 1.77. The molecule has 2 N–H and O–H groups in total. The Morgan fingerprint density at radius 1 is 1.75 bits per heavy atom. The van der Waals surface area contributed by atoms with Crippen LogP contribution in [0.1, 0.15) is 6.42 Å².